The van der Waals surface area contributed by atoms with E-state index in [1.54, 1.807) is 0 Å². The zero-order valence-corrected chi connectivity index (χ0v) is 14.1. The van der Waals surface area contributed by atoms with Crippen LogP contribution in [-0.2, 0) is 11.3 Å². The highest BCUT2D eigenvalue weighted by atomic mass is 16.4. The second kappa shape index (κ2) is 7.45. The summed E-state index contributed by atoms with van der Waals surface area (Å²) < 4.78 is 0. The van der Waals surface area contributed by atoms with Crippen molar-refractivity contribution in [1.82, 2.24) is 9.80 Å². The minimum absolute atomic E-state index is 0.147. The average Bonchev–Trinajstić information content (AvgIpc) is 3.34. The van der Waals surface area contributed by atoms with Crippen LogP contribution >= 0.6 is 0 Å². The Morgan fingerprint density at radius 2 is 2.09 bits per heavy atom. The lowest BCUT2D eigenvalue weighted by Crippen LogP contribution is -2.36. The van der Waals surface area contributed by atoms with E-state index in [4.69, 9.17) is 5.11 Å². The Morgan fingerprint density at radius 1 is 1.26 bits per heavy atom. The Hall–Kier alpha value is -1.39. The second-order valence-electron chi connectivity index (χ2n) is 7.19. The fourth-order valence-corrected chi connectivity index (χ4v) is 3.70. The maximum Gasteiger partial charge on any atom is 0.317 e. The highest BCUT2D eigenvalue weighted by Gasteiger charge is 2.24. The monoisotopic (exact) mass is 316 g/mol. The van der Waals surface area contributed by atoms with Crippen LogP contribution < -0.4 is 0 Å². The third-order valence-electron chi connectivity index (χ3n) is 5.20. The van der Waals surface area contributed by atoms with Crippen molar-refractivity contribution in [2.24, 2.45) is 0 Å². The fourth-order valence-electron chi connectivity index (χ4n) is 3.70. The van der Waals surface area contributed by atoms with Gasteiger partial charge in [-0.25, -0.2) is 0 Å². The van der Waals surface area contributed by atoms with Gasteiger partial charge in [-0.15, -0.1) is 0 Å². The van der Waals surface area contributed by atoms with E-state index in [1.165, 1.54) is 24.0 Å². The fraction of sp³-hybridized carbons (Fsp3) is 0.632. The summed E-state index contributed by atoms with van der Waals surface area (Å²) in [7, 11) is 1.94. The Balaban J connectivity index is 1.53. The molecular weight excluding hydrogens is 288 g/mol. The van der Waals surface area contributed by atoms with Gasteiger partial charge in [-0.3, -0.25) is 14.6 Å². The van der Waals surface area contributed by atoms with Crippen molar-refractivity contribution >= 4 is 5.97 Å². The first-order chi connectivity index (χ1) is 11.1. The number of carboxylic acid groups (broad SMARTS) is 1. The molecule has 2 aliphatic rings. The summed E-state index contributed by atoms with van der Waals surface area (Å²) in [5.41, 5.74) is 2.93. The predicted octanol–water partition coefficient (Wildman–Crippen LogP) is 2.93. The molecule has 4 nitrogen and oxygen atoms in total. The predicted molar refractivity (Wildman–Crippen MR) is 91.6 cm³/mol. The molecule has 4 heteroatoms. The highest BCUT2D eigenvalue weighted by Crippen LogP contribution is 2.40. The Morgan fingerprint density at radius 3 is 2.83 bits per heavy atom. The average molecular weight is 316 g/mol. The number of benzene rings is 1. The van der Waals surface area contributed by atoms with E-state index >= 15 is 0 Å². The lowest BCUT2D eigenvalue weighted by Gasteiger charge is -2.25. The summed E-state index contributed by atoms with van der Waals surface area (Å²) in [6, 6.07) is 9.49. The number of hydrogen-bond acceptors (Lipinski definition) is 3. The summed E-state index contributed by atoms with van der Waals surface area (Å²) in [5, 5.41) is 8.96. The quantitative estimate of drug-likeness (QED) is 0.876. The van der Waals surface area contributed by atoms with Crippen LogP contribution in [0.1, 0.15) is 49.1 Å². The number of carbonyl (C=O) groups is 1. The molecular formula is C19H28N2O2. The summed E-state index contributed by atoms with van der Waals surface area (Å²) in [5.74, 6) is 0.0821. The third kappa shape index (κ3) is 4.79. The minimum Gasteiger partial charge on any atom is -0.480 e. The summed E-state index contributed by atoms with van der Waals surface area (Å²) in [6.45, 7) is 3.34. The van der Waals surface area contributed by atoms with Crippen LogP contribution in [0, 0.1) is 0 Å². The van der Waals surface area contributed by atoms with Gasteiger partial charge in [0.25, 0.3) is 0 Å². The smallest absolute Gasteiger partial charge is 0.317 e. The molecule has 0 radical (unpaired) electrons. The van der Waals surface area contributed by atoms with E-state index in [1.807, 2.05) is 11.9 Å². The van der Waals surface area contributed by atoms with E-state index in [-0.39, 0.29) is 6.54 Å². The van der Waals surface area contributed by atoms with Crippen LogP contribution in [0.3, 0.4) is 0 Å². The molecule has 1 heterocycles. The summed E-state index contributed by atoms with van der Waals surface area (Å²) in [4.78, 5) is 15.4. The van der Waals surface area contributed by atoms with E-state index in [0.29, 0.717) is 6.04 Å². The molecule has 126 valence electrons. The highest BCUT2D eigenvalue weighted by molar-refractivity contribution is 5.69. The maximum atomic E-state index is 10.9. The Bertz CT molecular complexity index is 542. The van der Waals surface area contributed by atoms with Crippen molar-refractivity contribution in [3.8, 4) is 0 Å². The van der Waals surface area contributed by atoms with E-state index < -0.39 is 5.97 Å². The molecule has 2 fully saturated rings. The lowest BCUT2D eigenvalue weighted by atomic mass is 10.1. The maximum absolute atomic E-state index is 10.9. The van der Waals surface area contributed by atoms with E-state index in [9.17, 15) is 4.79 Å². The number of aliphatic carboxylic acids is 1. The Labute approximate surface area is 139 Å². The van der Waals surface area contributed by atoms with Gasteiger partial charge in [0, 0.05) is 12.6 Å². The topological polar surface area (TPSA) is 43.8 Å². The van der Waals surface area contributed by atoms with Gasteiger partial charge < -0.3 is 5.11 Å². The summed E-state index contributed by atoms with van der Waals surface area (Å²) >= 11 is 0. The minimum atomic E-state index is -0.731. The van der Waals surface area contributed by atoms with E-state index in [2.05, 4.69) is 29.2 Å². The molecule has 0 aromatic heterocycles. The molecule has 1 aliphatic carbocycles. The lowest BCUT2D eigenvalue weighted by molar-refractivity contribution is -0.138. The van der Waals surface area contributed by atoms with Crippen molar-refractivity contribution in [3.05, 3.63) is 35.4 Å². The molecule has 23 heavy (non-hydrogen) atoms. The van der Waals surface area contributed by atoms with Crippen LogP contribution in [0.5, 0.6) is 0 Å². The van der Waals surface area contributed by atoms with Crippen LogP contribution in [-0.4, -0.2) is 53.6 Å². The third-order valence-corrected chi connectivity index (χ3v) is 5.20. The molecule has 1 saturated carbocycles. The number of carboxylic acids is 1. The van der Waals surface area contributed by atoms with Crippen LogP contribution in [0.2, 0.25) is 0 Å². The molecule has 0 amide bonds. The van der Waals surface area contributed by atoms with Gasteiger partial charge >= 0.3 is 5.97 Å². The first-order valence-corrected chi connectivity index (χ1v) is 8.85. The summed E-state index contributed by atoms with van der Waals surface area (Å²) in [6.07, 6.45) is 6.01. The Kier molecular flexibility index (Phi) is 5.34. The van der Waals surface area contributed by atoms with Crippen LogP contribution in [0.25, 0.3) is 0 Å². The molecule has 1 saturated heterocycles. The van der Waals surface area contributed by atoms with Crippen molar-refractivity contribution in [2.75, 3.05) is 26.7 Å². The van der Waals surface area contributed by atoms with Crippen molar-refractivity contribution < 1.29 is 9.90 Å². The van der Waals surface area contributed by atoms with Crippen LogP contribution in [0.15, 0.2) is 24.3 Å². The van der Waals surface area contributed by atoms with Crippen molar-refractivity contribution in [1.29, 1.82) is 0 Å². The molecule has 1 unspecified atom stereocenters. The normalized spacial score (nSPS) is 23.0. The van der Waals surface area contributed by atoms with Gasteiger partial charge in [0.1, 0.15) is 0 Å². The zero-order chi connectivity index (χ0) is 16.2. The van der Waals surface area contributed by atoms with Gasteiger partial charge in [-0.1, -0.05) is 24.3 Å². The first kappa shape index (κ1) is 16.5. The zero-order valence-electron chi connectivity index (χ0n) is 14.1. The van der Waals surface area contributed by atoms with Gasteiger partial charge in [0.2, 0.25) is 0 Å². The number of hydrogen-bond donors (Lipinski definition) is 1. The van der Waals surface area contributed by atoms with Gasteiger partial charge in [0.05, 0.1) is 6.54 Å². The number of rotatable bonds is 6. The van der Waals surface area contributed by atoms with Gasteiger partial charge in [0.15, 0.2) is 0 Å². The van der Waals surface area contributed by atoms with Crippen molar-refractivity contribution in [3.63, 3.8) is 0 Å². The molecule has 1 aliphatic heterocycles. The van der Waals surface area contributed by atoms with Crippen LogP contribution in [0.4, 0.5) is 0 Å². The molecule has 3 rings (SSSR count). The molecule has 0 bridgehead atoms. The van der Waals surface area contributed by atoms with Gasteiger partial charge in [-0.05, 0) is 69.3 Å². The SMILES string of the molecule is CN(CC(=O)O)C1CCCN(Cc2cccc(C3CC3)c2)CC1. The first-order valence-electron chi connectivity index (χ1n) is 8.85. The second-order valence-corrected chi connectivity index (χ2v) is 7.19. The molecule has 1 atom stereocenters. The molecule has 1 aromatic carbocycles. The van der Waals surface area contributed by atoms with Gasteiger partial charge in [-0.2, -0.15) is 0 Å². The number of nitrogens with zero attached hydrogens (tertiary/aromatic N) is 2. The standard InChI is InChI=1S/C19H28N2O2/c1-20(14-19(22)23)18-6-3-10-21(11-9-18)13-15-4-2-5-17(12-15)16-7-8-16/h2,4-5,12,16,18H,3,6-11,13-14H2,1H3,(H,22,23). The molecule has 0 spiro atoms. The van der Waals surface area contributed by atoms with Crippen molar-refractivity contribution in [2.45, 2.75) is 50.6 Å². The number of likely N-dealkylation sites (tertiary alicyclic amines) is 1. The largest absolute Gasteiger partial charge is 0.480 e. The molecule has 1 aromatic rings. The van der Waals surface area contributed by atoms with E-state index in [0.717, 1.165) is 44.8 Å². The number of likely N-dealkylation sites (N-methyl/N-ethyl adjacent to an activating group) is 1. The molecule has 1 N–H and O–H groups in total.